The van der Waals surface area contributed by atoms with Crippen molar-refractivity contribution in [3.63, 3.8) is 0 Å². The zero-order valence-electron chi connectivity index (χ0n) is 8.03. The Balaban J connectivity index is 2.65. The van der Waals surface area contributed by atoms with Crippen molar-refractivity contribution in [2.24, 2.45) is 0 Å². The number of nitriles is 1. The fourth-order valence-corrected chi connectivity index (χ4v) is 1.08. The summed E-state index contributed by atoms with van der Waals surface area (Å²) < 4.78 is 16.8. The minimum atomic E-state index is -0.490. The highest BCUT2D eigenvalue weighted by Gasteiger charge is 2.02. The Kier molecular flexibility index (Phi) is 3.93. The van der Waals surface area contributed by atoms with Crippen LogP contribution < -0.4 is 4.74 Å². The van der Waals surface area contributed by atoms with Gasteiger partial charge in [0.25, 0.3) is 0 Å². The van der Waals surface area contributed by atoms with Crippen molar-refractivity contribution >= 4 is 0 Å². The van der Waals surface area contributed by atoms with Crippen LogP contribution in [0.1, 0.15) is 18.4 Å². The molecule has 0 saturated heterocycles. The smallest absolute Gasteiger partial charge is 0.123 e. The number of alkyl halides is 1. The van der Waals surface area contributed by atoms with Crippen LogP contribution in [0.25, 0.3) is 0 Å². The molecule has 74 valence electrons. The largest absolute Gasteiger partial charge is 0.491 e. The minimum Gasteiger partial charge on any atom is -0.491 e. The third kappa shape index (κ3) is 2.74. The summed E-state index contributed by atoms with van der Waals surface area (Å²) in [4.78, 5) is 0. The van der Waals surface area contributed by atoms with Crippen molar-refractivity contribution in [3.05, 3.63) is 29.8 Å². The van der Waals surface area contributed by atoms with Crippen LogP contribution in [-0.4, -0.2) is 13.3 Å². The summed E-state index contributed by atoms with van der Waals surface area (Å²) in [6.07, 6.45) is 0. The molecule has 1 aromatic carbocycles. The predicted octanol–water partition coefficient (Wildman–Crippen LogP) is 2.66. The van der Waals surface area contributed by atoms with E-state index >= 15 is 0 Å². The summed E-state index contributed by atoms with van der Waals surface area (Å²) in [5.74, 6) is 0.516. The Labute approximate surface area is 82.9 Å². The molecule has 1 unspecified atom stereocenters. The molecule has 0 N–H and O–H groups in total. The molecule has 14 heavy (non-hydrogen) atoms. The van der Waals surface area contributed by atoms with Gasteiger partial charge < -0.3 is 4.74 Å². The maximum absolute atomic E-state index is 11.8. The van der Waals surface area contributed by atoms with Gasteiger partial charge in [0, 0.05) is 0 Å². The van der Waals surface area contributed by atoms with E-state index in [9.17, 15) is 4.39 Å². The molecule has 0 radical (unpaired) electrons. The second-order valence-electron chi connectivity index (χ2n) is 2.96. The van der Waals surface area contributed by atoms with Crippen molar-refractivity contribution in [1.29, 1.82) is 5.26 Å². The monoisotopic (exact) mass is 193 g/mol. The van der Waals surface area contributed by atoms with Gasteiger partial charge in [-0.2, -0.15) is 5.26 Å². The zero-order valence-corrected chi connectivity index (χ0v) is 8.03. The van der Waals surface area contributed by atoms with Gasteiger partial charge in [0.05, 0.1) is 12.0 Å². The SMILES string of the molecule is CC(C#N)c1ccc(OCCF)cc1. The van der Waals surface area contributed by atoms with Crippen LogP contribution in [0.3, 0.4) is 0 Å². The first-order chi connectivity index (χ1) is 6.77. The third-order valence-corrected chi connectivity index (χ3v) is 1.92. The lowest BCUT2D eigenvalue weighted by molar-refractivity contribution is 0.273. The first-order valence-corrected chi connectivity index (χ1v) is 4.46. The van der Waals surface area contributed by atoms with Gasteiger partial charge in [-0.3, -0.25) is 0 Å². The average Bonchev–Trinajstić information content (AvgIpc) is 2.26. The molecule has 0 aliphatic carbocycles. The van der Waals surface area contributed by atoms with E-state index in [1.165, 1.54) is 0 Å². The number of rotatable bonds is 4. The number of benzene rings is 1. The molecule has 0 bridgehead atoms. The molecule has 1 rings (SSSR count). The molecule has 0 aliphatic heterocycles. The van der Waals surface area contributed by atoms with E-state index in [4.69, 9.17) is 10.00 Å². The van der Waals surface area contributed by atoms with E-state index in [0.29, 0.717) is 5.75 Å². The van der Waals surface area contributed by atoms with Gasteiger partial charge in [0.2, 0.25) is 0 Å². The minimum absolute atomic E-state index is 0.0765. The molecule has 1 aromatic rings. The molecule has 1 atom stereocenters. The third-order valence-electron chi connectivity index (χ3n) is 1.92. The van der Waals surface area contributed by atoms with Gasteiger partial charge in [0.15, 0.2) is 0 Å². The first-order valence-electron chi connectivity index (χ1n) is 4.46. The van der Waals surface area contributed by atoms with E-state index in [0.717, 1.165) is 5.56 Å². The van der Waals surface area contributed by atoms with Gasteiger partial charge in [-0.05, 0) is 24.6 Å². The normalized spacial score (nSPS) is 11.8. The number of halogens is 1. The molecule has 0 aliphatic rings. The summed E-state index contributed by atoms with van der Waals surface area (Å²) in [6.45, 7) is 1.42. The number of hydrogen-bond acceptors (Lipinski definition) is 2. The molecule has 0 spiro atoms. The van der Waals surface area contributed by atoms with Gasteiger partial charge >= 0.3 is 0 Å². The summed E-state index contributed by atoms with van der Waals surface area (Å²) in [6, 6.07) is 9.28. The molecule has 0 fully saturated rings. The van der Waals surface area contributed by atoms with Gasteiger partial charge in [-0.1, -0.05) is 12.1 Å². The van der Waals surface area contributed by atoms with Crippen molar-refractivity contribution in [3.8, 4) is 11.8 Å². The lowest BCUT2D eigenvalue weighted by Crippen LogP contribution is -1.98. The fraction of sp³-hybridized carbons (Fsp3) is 0.364. The second-order valence-corrected chi connectivity index (χ2v) is 2.96. The fourth-order valence-electron chi connectivity index (χ4n) is 1.08. The van der Waals surface area contributed by atoms with Crippen LogP contribution in [0, 0.1) is 11.3 Å². The Morgan fingerprint density at radius 1 is 1.43 bits per heavy atom. The lowest BCUT2D eigenvalue weighted by atomic mass is 10.0. The number of hydrogen-bond donors (Lipinski definition) is 0. The molecular weight excluding hydrogens is 181 g/mol. The Morgan fingerprint density at radius 2 is 2.07 bits per heavy atom. The van der Waals surface area contributed by atoms with Crippen LogP contribution in [-0.2, 0) is 0 Å². The van der Waals surface area contributed by atoms with E-state index in [1.54, 1.807) is 12.1 Å². The predicted molar refractivity (Wildman–Crippen MR) is 51.9 cm³/mol. The Hall–Kier alpha value is -1.56. The van der Waals surface area contributed by atoms with Crippen LogP contribution in [0.4, 0.5) is 4.39 Å². The maximum Gasteiger partial charge on any atom is 0.123 e. The summed E-state index contributed by atoms with van der Waals surface area (Å²) in [7, 11) is 0. The quantitative estimate of drug-likeness (QED) is 0.736. The number of ether oxygens (including phenoxy) is 1. The van der Waals surface area contributed by atoms with Crippen LogP contribution >= 0.6 is 0 Å². The van der Waals surface area contributed by atoms with Crippen LogP contribution in [0.2, 0.25) is 0 Å². The zero-order chi connectivity index (χ0) is 10.4. The van der Waals surface area contributed by atoms with Crippen molar-refractivity contribution < 1.29 is 9.13 Å². The van der Waals surface area contributed by atoms with E-state index < -0.39 is 6.67 Å². The molecular formula is C11H12FNO. The first kappa shape index (κ1) is 10.5. The Bertz CT molecular complexity index is 315. The van der Waals surface area contributed by atoms with Crippen molar-refractivity contribution in [1.82, 2.24) is 0 Å². The van der Waals surface area contributed by atoms with E-state index in [2.05, 4.69) is 6.07 Å². The summed E-state index contributed by atoms with van der Waals surface area (Å²) >= 11 is 0. The summed E-state index contributed by atoms with van der Waals surface area (Å²) in [5, 5.41) is 8.67. The van der Waals surface area contributed by atoms with Crippen molar-refractivity contribution in [2.45, 2.75) is 12.8 Å². The molecule has 0 saturated carbocycles. The highest BCUT2D eigenvalue weighted by molar-refractivity contribution is 5.31. The summed E-state index contributed by atoms with van der Waals surface area (Å²) in [5.41, 5.74) is 0.945. The highest BCUT2D eigenvalue weighted by Crippen LogP contribution is 2.18. The van der Waals surface area contributed by atoms with Gasteiger partial charge in [-0.25, -0.2) is 4.39 Å². The van der Waals surface area contributed by atoms with Crippen LogP contribution in [0.15, 0.2) is 24.3 Å². The molecule has 0 amide bonds. The number of nitrogens with zero attached hydrogens (tertiary/aromatic N) is 1. The molecule has 2 nitrogen and oxygen atoms in total. The standard InChI is InChI=1S/C11H12FNO/c1-9(8-13)10-2-4-11(5-3-10)14-7-6-12/h2-5,9H,6-7H2,1H3. The second kappa shape index (κ2) is 5.23. The average molecular weight is 193 g/mol. The van der Waals surface area contributed by atoms with E-state index in [-0.39, 0.29) is 12.5 Å². The molecule has 3 heteroatoms. The Morgan fingerprint density at radius 3 is 2.57 bits per heavy atom. The molecule has 0 heterocycles. The highest BCUT2D eigenvalue weighted by atomic mass is 19.1. The van der Waals surface area contributed by atoms with Gasteiger partial charge in [0.1, 0.15) is 19.0 Å². The topological polar surface area (TPSA) is 33.0 Å². The van der Waals surface area contributed by atoms with Crippen LogP contribution in [0.5, 0.6) is 5.75 Å². The maximum atomic E-state index is 11.8. The van der Waals surface area contributed by atoms with Crippen molar-refractivity contribution in [2.75, 3.05) is 13.3 Å². The van der Waals surface area contributed by atoms with Gasteiger partial charge in [-0.15, -0.1) is 0 Å². The lowest BCUT2D eigenvalue weighted by Gasteiger charge is -2.05. The molecule has 0 aromatic heterocycles. The van der Waals surface area contributed by atoms with E-state index in [1.807, 2.05) is 19.1 Å².